The highest BCUT2D eigenvalue weighted by molar-refractivity contribution is 9.10. The van der Waals surface area contributed by atoms with E-state index in [1.807, 2.05) is 0 Å². The number of hydrogen-bond acceptors (Lipinski definition) is 3. The average Bonchev–Trinajstić information content (AvgIpc) is 2.65. The molecule has 1 amide bonds. The van der Waals surface area contributed by atoms with Crippen molar-refractivity contribution in [1.82, 2.24) is 5.32 Å². The molecule has 0 spiro atoms. The smallest absolute Gasteiger partial charge is 0.416 e. The van der Waals surface area contributed by atoms with Gasteiger partial charge >= 0.3 is 18.3 Å². The molecular formula is C20H16BrF6NO3. The highest BCUT2D eigenvalue weighted by Gasteiger charge is 2.37. The first-order valence-electron chi connectivity index (χ1n) is 8.69. The number of carbonyl (C=O) groups is 2. The van der Waals surface area contributed by atoms with Crippen LogP contribution in [0.15, 0.2) is 46.9 Å². The Morgan fingerprint density at radius 1 is 0.968 bits per heavy atom. The summed E-state index contributed by atoms with van der Waals surface area (Å²) in [6.45, 7) is 0. The zero-order valence-electron chi connectivity index (χ0n) is 15.9. The second-order valence-electron chi connectivity index (χ2n) is 6.57. The molecule has 168 valence electrons. The van der Waals surface area contributed by atoms with Crippen molar-refractivity contribution in [2.75, 3.05) is 7.11 Å². The van der Waals surface area contributed by atoms with E-state index in [1.165, 1.54) is 0 Å². The predicted octanol–water partition coefficient (Wildman–Crippen LogP) is 4.93. The van der Waals surface area contributed by atoms with Gasteiger partial charge in [0.1, 0.15) is 6.04 Å². The number of esters is 1. The summed E-state index contributed by atoms with van der Waals surface area (Å²) in [6.07, 6.45) is -10.8. The second kappa shape index (κ2) is 9.71. The molecule has 1 N–H and O–H groups in total. The van der Waals surface area contributed by atoms with Gasteiger partial charge in [0, 0.05) is 10.9 Å². The maximum absolute atomic E-state index is 13.0. The molecule has 2 aromatic carbocycles. The molecule has 0 saturated carbocycles. The quantitative estimate of drug-likeness (QED) is 0.442. The van der Waals surface area contributed by atoms with Crippen LogP contribution in [0.2, 0.25) is 0 Å². The van der Waals surface area contributed by atoms with E-state index < -0.39 is 53.4 Å². The molecule has 0 aromatic heterocycles. The maximum Gasteiger partial charge on any atom is 0.416 e. The van der Waals surface area contributed by atoms with Crippen molar-refractivity contribution in [3.05, 3.63) is 69.2 Å². The Hall–Kier alpha value is -2.56. The molecule has 2 rings (SSSR count). The lowest BCUT2D eigenvalue weighted by molar-refractivity contribution is -0.145. The lowest BCUT2D eigenvalue weighted by atomic mass is 10.0. The number of alkyl halides is 6. The Kier molecular flexibility index (Phi) is 7.74. The van der Waals surface area contributed by atoms with Crippen molar-refractivity contribution in [2.45, 2.75) is 31.2 Å². The molecule has 1 atom stereocenters. The summed E-state index contributed by atoms with van der Waals surface area (Å²) < 4.78 is 83.2. The lowest BCUT2D eigenvalue weighted by Gasteiger charge is -2.18. The number of nitrogens with one attached hydrogen (secondary N) is 1. The third-order valence-corrected chi connectivity index (χ3v) is 4.66. The molecule has 4 nitrogen and oxygen atoms in total. The lowest BCUT2D eigenvalue weighted by Crippen LogP contribution is -2.43. The molecule has 31 heavy (non-hydrogen) atoms. The van der Waals surface area contributed by atoms with E-state index in [9.17, 15) is 35.9 Å². The summed E-state index contributed by atoms with van der Waals surface area (Å²) >= 11 is 3.26. The van der Waals surface area contributed by atoms with Crippen LogP contribution in [0.1, 0.15) is 22.3 Å². The minimum atomic E-state index is -5.03. The van der Waals surface area contributed by atoms with E-state index in [4.69, 9.17) is 0 Å². The van der Waals surface area contributed by atoms with Crippen molar-refractivity contribution < 1.29 is 40.7 Å². The number of hydrogen-bond donors (Lipinski definition) is 1. The van der Waals surface area contributed by atoms with Crippen LogP contribution >= 0.6 is 15.9 Å². The fraction of sp³-hybridized carbons (Fsp3) is 0.300. The van der Waals surface area contributed by atoms with Crippen LogP contribution < -0.4 is 5.32 Å². The summed E-state index contributed by atoms with van der Waals surface area (Å²) in [4.78, 5) is 24.3. The summed E-state index contributed by atoms with van der Waals surface area (Å²) in [5.74, 6) is -1.74. The SMILES string of the molecule is COC(=O)[C@@H](Cc1cccc(Br)c1)NC(=O)Cc1cc(C(F)(F)F)cc(C(F)(F)F)c1. The van der Waals surface area contributed by atoms with Gasteiger partial charge in [-0.15, -0.1) is 0 Å². The zero-order chi connectivity index (χ0) is 23.4. The first-order valence-corrected chi connectivity index (χ1v) is 9.49. The van der Waals surface area contributed by atoms with Crippen LogP contribution in [-0.2, 0) is 39.5 Å². The first-order chi connectivity index (χ1) is 14.3. The van der Waals surface area contributed by atoms with E-state index in [2.05, 4.69) is 26.0 Å². The Morgan fingerprint density at radius 3 is 2.03 bits per heavy atom. The van der Waals surface area contributed by atoms with Crippen molar-refractivity contribution in [3.63, 3.8) is 0 Å². The minimum Gasteiger partial charge on any atom is -0.467 e. The summed E-state index contributed by atoms with van der Waals surface area (Å²) in [5, 5.41) is 2.31. The third-order valence-electron chi connectivity index (χ3n) is 4.16. The van der Waals surface area contributed by atoms with E-state index in [-0.39, 0.29) is 12.5 Å². The Morgan fingerprint density at radius 2 is 1.55 bits per heavy atom. The highest BCUT2D eigenvalue weighted by atomic mass is 79.9. The van der Waals surface area contributed by atoms with Gasteiger partial charge in [0.25, 0.3) is 0 Å². The zero-order valence-corrected chi connectivity index (χ0v) is 17.5. The normalized spacial score (nSPS) is 12.9. The summed E-state index contributed by atoms with van der Waals surface area (Å²) in [7, 11) is 1.09. The largest absolute Gasteiger partial charge is 0.467 e. The number of halogens is 7. The van der Waals surface area contributed by atoms with Crippen LogP contribution in [0.25, 0.3) is 0 Å². The number of benzene rings is 2. The van der Waals surface area contributed by atoms with Crippen LogP contribution in [0, 0.1) is 0 Å². The van der Waals surface area contributed by atoms with Crippen molar-refractivity contribution in [1.29, 1.82) is 0 Å². The van der Waals surface area contributed by atoms with E-state index in [0.717, 1.165) is 7.11 Å². The van der Waals surface area contributed by atoms with E-state index in [0.29, 0.717) is 22.2 Å². The van der Waals surface area contributed by atoms with Gasteiger partial charge in [0.05, 0.1) is 24.7 Å². The predicted molar refractivity (Wildman–Crippen MR) is 102 cm³/mol. The number of amides is 1. The molecule has 0 fully saturated rings. The van der Waals surface area contributed by atoms with Gasteiger partial charge in [0.2, 0.25) is 5.91 Å². The number of ether oxygens (including phenoxy) is 1. The molecule has 0 aliphatic rings. The van der Waals surface area contributed by atoms with Gasteiger partial charge < -0.3 is 10.1 Å². The molecule has 0 radical (unpaired) electrons. The molecule has 0 aliphatic carbocycles. The number of methoxy groups -OCH3 is 1. The maximum atomic E-state index is 13.0. The van der Waals surface area contributed by atoms with Gasteiger partial charge in [0.15, 0.2) is 0 Å². The minimum absolute atomic E-state index is 0.00818. The van der Waals surface area contributed by atoms with Crippen molar-refractivity contribution in [2.24, 2.45) is 0 Å². The molecule has 2 aromatic rings. The van der Waals surface area contributed by atoms with Gasteiger partial charge in [-0.1, -0.05) is 28.1 Å². The van der Waals surface area contributed by atoms with E-state index >= 15 is 0 Å². The Bertz CT molecular complexity index is 926. The topological polar surface area (TPSA) is 55.4 Å². The van der Waals surface area contributed by atoms with Crippen molar-refractivity contribution >= 4 is 27.8 Å². The molecule has 11 heteroatoms. The van der Waals surface area contributed by atoms with Crippen molar-refractivity contribution in [3.8, 4) is 0 Å². The fourth-order valence-corrected chi connectivity index (χ4v) is 3.23. The van der Waals surface area contributed by atoms with Crippen LogP contribution in [0.4, 0.5) is 26.3 Å². The van der Waals surface area contributed by atoms with Gasteiger partial charge in [-0.25, -0.2) is 4.79 Å². The standard InChI is InChI=1S/C20H16BrF6NO3/c1-31-18(30)16(8-11-3-2-4-15(21)7-11)28-17(29)9-12-5-13(19(22,23)24)10-14(6-12)20(25,26)27/h2-7,10,16H,8-9H2,1H3,(H,28,29)/t16-/m1/s1. The van der Waals surface area contributed by atoms with E-state index in [1.54, 1.807) is 24.3 Å². The summed E-state index contributed by atoms with van der Waals surface area (Å²) in [5.41, 5.74) is -2.90. The fourth-order valence-electron chi connectivity index (χ4n) is 2.79. The Labute approximate surface area is 181 Å². The average molecular weight is 512 g/mol. The van der Waals surface area contributed by atoms with Gasteiger partial charge in [-0.3, -0.25) is 4.79 Å². The number of carbonyl (C=O) groups excluding carboxylic acids is 2. The number of rotatable bonds is 6. The van der Waals surface area contributed by atoms with Crippen LogP contribution in [-0.4, -0.2) is 25.0 Å². The first kappa shape index (κ1) is 24.7. The molecule has 0 aliphatic heterocycles. The van der Waals surface area contributed by atoms with Crippen LogP contribution in [0.5, 0.6) is 0 Å². The molecule has 0 heterocycles. The molecule has 0 bridgehead atoms. The van der Waals surface area contributed by atoms with Gasteiger partial charge in [-0.2, -0.15) is 26.3 Å². The highest BCUT2D eigenvalue weighted by Crippen LogP contribution is 2.36. The van der Waals surface area contributed by atoms with Crippen LogP contribution in [0.3, 0.4) is 0 Å². The molecule has 0 saturated heterocycles. The monoisotopic (exact) mass is 511 g/mol. The third kappa shape index (κ3) is 7.27. The molecule has 0 unspecified atom stereocenters. The molecular weight excluding hydrogens is 496 g/mol. The van der Waals surface area contributed by atoms with Gasteiger partial charge in [-0.05, 0) is 41.5 Å². The second-order valence-corrected chi connectivity index (χ2v) is 7.48. The summed E-state index contributed by atoms with van der Waals surface area (Å²) in [6, 6.07) is 6.52. The Balaban J connectivity index is 2.24.